The molecule has 0 N–H and O–H groups in total. The van der Waals surface area contributed by atoms with Crippen LogP contribution in [0.2, 0.25) is 0 Å². The molecule has 2 aliphatic heterocycles. The van der Waals surface area contributed by atoms with Crippen LogP contribution in [-0.4, -0.2) is 127 Å². The second kappa shape index (κ2) is 33.1. The molecule has 2 aliphatic rings. The summed E-state index contributed by atoms with van der Waals surface area (Å²) in [6, 6.07) is 0. The zero-order chi connectivity index (χ0) is 40.8. The second-order valence-electron chi connectivity index (χ2n) is 15.6. The highest BCUT2D eigenvalue weighted by Gasteiger charge is 2.54. The maximum Gasteiger partial charge on any atom is 0.190 e. The van der Waals surface area contributed by atoms with E-state index < -0.39 is 61.4 Å². The van der Waals surface area contributed by atoms with Gasteiger partial charge in [0.25, 0.3) is 0 Å². The van der Waals surface area contributed by atoms with Gasteiger partial charge >= 0.3 is 0 Å². The Morgan fingerprint density at radius 3 is 1.09 bits per heavy atom. The van der Waals surface area contributed by atoms with Gasteiger partial charge in [0.2, 0.25) is 0 Å². The molecule has 332 valence electrons. The zero-order valence-corrected chi connectivity index (χ0v) is 37.3. The first-order valence-corrected chi connectivity index (χ1v) is 22.8. The van der Waals surface area contributed by atoms with Crippen LogP contribution < -0.4 is 0 Å². The van der Waals surface area contributed by atoms with Gasteiger partial charge in [-0.05, 0) is 58.8 Å². The lowest BCUT2D eigenvalue weighted by molar-refractivity contribution is -0.391. The van der Waals surface area contributed by atoms with Crippen LogP contribution in [0.4, 0.5) is 0 Å². The predicted octanol–water partition coefficient (Wildman–Crippen LogP) is 9.36. The third-order valence-corrected chi connectivity index (χ3v) is 10.1. The van der Waals surface area contributed by atoms with Gasteiger partial charge in [0.1, 0.15) is 48.8 Å². The van der Waals surface area contributed by atoms with Crippen LogP contribution in [0, 0.1) is 0 Å². The van der Waals surface area contributed by atoms with Crippen molar-refractivity contribution >= 4 is 0 Å². The Bertz CT molecular complexity index is 934. The van der Waals surface area contributed by atoms with Gasteiger partial charge in [0.05, 0.1) is 19.8 Å². The van der Waals surface area contributed by atoms with Gasteiger partial charge < -0.3 is 52.1 Å². The van der Waals surface area contributed by atoms with Crippen LogP contribution in [0.1, 0.15) is 152 Å². The summed E-state index contributed by atoms with van der Waals surface area (Å²) in [4.78, 5) is 0. The minimum atomic E-state index is -0.862. The van der Waals surface area contributed by atoms with E-state index in [0.29, 0.717) is 66.1 Å². The van der Waals surface area contributed by atoms with E-state index in [0.717, 1.165) is 89.9 Å². The van der Waals surface area contributed by atoms with Crippen molar-refractivity contribution < 1.29 is 52.1 Å². The summed E-state index contributed by atoms with van der Waals surface area (Å²) in [6.45, 7) is 24.5. The van der Waals surface area contributed by atoms with Crippen molar-refractivity contribution in [2.45, 2.75) is 214 Å². The highest BCUT2D eigenvalue weighted by molar-refractivity contribution is 4.98. The Labute approximate surface area is 342 Å². The predicted molar refractivity (Wildman–Crippen MR) is 222 cm³/mol. The van der Waals surface area contributed by atoms with Crippen molar-refractivity contribution in [3.63, 3.8) is 0 Å². The fraction of sp³-hybridized carbons (Fsp3) is 0.956. The largest absolute Gasteiger partial charge is 0.379 e. The Kier molecular flexibility index (Phi) is 30.4. The van der Waals surface area contributed by atoms with E-state index in [1.54, 1.807) is 0 Å². The lowest BCUT2D eigenvalue weighted by Crippen LogP contribution is -2.66. The van der Waals surface area contributed by atoms with Gasteiger partial charge in [0.15, 0.2) is 12.6 Å². The van der Waals surface area contributed by atoms with Crippen molar-refractivity contribution in [1.29, 1.82) is 0 Å². The van der Waals surface area contributed by atoms with Gasteiger partial charge in [-0.2, -0.15) is 0 Å². The number of unbranched alkanes of at least 4 members (excludes halogenated alkanes) is 7. The van der Waals surface area contributed by atoms with Crippen molar-refractivity contribution in [1.82, 2.24) is 0 Å². The molecule has 0 aromatic carbocycles. The standard InChI is InChI=1S/C45H86O11/c1-10-17-25-46-33-36-38(48-27-19-12-3)40(49-28-20-13-4)42(51-30-22-15-6)44(54-36)56-45-43(52-31-23-16-7)41(50-29-21-14-5)39(53-32-24-35(8)9)37(55-45)34-47-26-18-11-2/h24,36-45H,10-23,25-34H2,1-9H3/t36-,37?,38-,39-,40?,41?,42?,43+,44-,45-/m1/s1. The van der Waals surface area contributed by atoms with E-state index in [-0.39, 0.29) is 0 Å². The molecule has 11 heteroatoms. The van der Waals surface area contributed by atoms with Gasteiger partial charge in [-0.3, -0.25) is 0 Å². The molecule has 0 bridgehead atoms. The topological polar surface area (TPSA) is 102 Å². The Hall–Kier alpha value is -0.700. The fourth-order valence-corrected chi connectivity index (χ4v) is 6.55. The van der Waals surface area contributed by atoms with Crippen molar-refractivity contribution in [3.8, 4) is 0 Å². The molecule has 0 amide bonds. The minimum absolute atomic E-state index is 0.334. The quantitative estimate of drug-likeness (QED) is 0.0453. The van der Waals surface area contributed by atoms with Crippen LogP contribution in [0.15, 0.2) is 11.6 Å². The SMILES string of the molecule is CCCCOCC1O[C@H](O[C@H]2O[C@H](COCCCC)[C@@H](OCCCC)C(OCCCC)C2OCCCC)[C@@H](OCCCC)C(OCCCC)[C@@H]1OCC=C(C)C. The fourth-order valence-electron chi connectivity index (χ4n) is 6.55. The summed E-state index contributed by atoms with van der Waals surface area (Å²) in [5, 5.41) is 0. The molecule has 56 heavy (non-hydrogen) atoms. The van der Waals surface area contributed by atoms with Gasteiger partial charge in [-0.1, -0.05) is 105 Å². The monoisotopic (exact) mass is 803 g/mol. The van der Waals surface area contributed by atoms with E-state index in [9.17, 15) is 0 Å². The first kappa shape index (κ1) is 51.4. The zero-order valence-electron chi connectivity index (χ0n) is 37.3. The number of ether oxygens (including phenoxy) is 11. The van der Waals surface area contributed by atoms with Crippen LogP contribution in [0.5, 0.6) is 0 Å². The first-order chi connectivity index (χ1) is 27.4. The summed E-state index contributed by atoms with van der Waals surface area (Å²) < 4.78 is 73.7. The molecule has 11 nitrogen and oxygen atoms in total. The summed E-state index contributed by atoms with van der Waals surface area (Å²) >= 11 is 0. The van der Waals surface area contributed by atoms with E-state index in [2.05, 4.69) is 68.4 Å². The van der Waals surface area contributed by atoms with Crippen molar-refractivity contribution in [3.05, 3.63) is 11.6 Å². The molecule has 2 heterocycles. The summed E-state index contributed by atoms with van der Waals surface area (Å²) in [5.74, 6) is 0. The number of hydrogen-bond acceptors (Lipinski definition) is 11. The molecule has 2 fully saturated rings. The molecule has 2 saturated heterocycles. The van der Waals surface area contributed by atoms with Crippen LogP contribution in [-0.2, 0) is 52.1 Å². The van der Waals surface area contributed by atoms with Crippen molar-refractivity contribution in [2.75, 3.05) is 66.1 Å². The number of rotatable bonds is 35. The molecule has 10 atom stereocenters. The van der Waals surface area contributed by atoms with Crippen LogP contribution in [0.3, 0.4) is 0 Å². The summed E-state index contributed by atoms with van der Waals surface area (Å²) in [6.07, 6.45) is 10.1. The molecule has 0 aromatic rings. The van der Waals surface area contributed by atoms with Gasteiger partial charge in [0, 0.05) is 46.2 Å². The average Bonchev–Trinajstić information content (AvgIpc) is 3.18. The van der Waals surface area contributed by atoms with Crippen LogP contribution >= 0.6 is 0 Å². The third kappa shape index (κ3) is 19.6. The maximum absolute atomic E-state index is 7.08. The maximum atomic E-state index is 7.08. The highest BCUT2D eigenvalue weighted by Crippen LogP contribution is 2.35. The molecule has 2 rings (SSSR count). The Balaban J connectivity index is 2.64. The molecular weight excluding hydrogens is 716 g/mol. The van der Waals surface area contributed by atoms with E-state index >= 15 is 0 Å². The Morgan fingerprint density at radius 2 is 0.732 bits per heavy atom. The third-order valence-electron chi connectivity index (χ3n) is 10.1. The Morgan fingerprint density at radius 1 is 0.411 bits per heavy atom. The average molecular weight is 803 g/mol. The first-order valence-electron chi connectivity index (χ1n) is 22.8. The van der Waals surface area contributed by atoms with Gasteiger partial charge in [-0.15, -0.1) is 0 Å². The molecule has 0 radical (unpaired) electrons. The summed E-state index contributed by atoms with van der Waals surface area (Å²) in [5.41, 5.74) is 1.18. The molecule has 0 aliphatic carbocycles. The molecule has 4 unspecified atom stereocenters. The lowest BCUT2D eigenvalue weighted by Gasteiger charge is -2.49. The number of allylic oxidation sites excluding steroid dienone is 1. The van der Waals surface area contributed by atoms with Gasteiger partial charge in [-0.25, -0.2) is 0 Å². The normalized spacial score (nSPS) is 28.2. The van der Waals surface area contributed by atoms with E-state index in [1.165, 1.54) is 5.57 Å². The van der Waals surface area contributed by atoms with Crippen LogP contribution in [0.25, 0.3) is 0 Å². The molecule has 0 spiro atoms. The summed E-state index contributed by atoms with van der Waals surface area (Å²) in [7, 11) is 0. The smallest absolute Gasteiger partial charge is 0.190 e. The molecular formula is C45H86O11. The second-order valence-corrected chi connectivity index (χ2v) is 15.6. The lowest BCUT2D eigenvalue weighted by atomic mass is 9.96. The number of hydrogen-bond donors (Lipinski definition) is 0. The van der Waals surface area contributed by atoms with E-state index in [4.69, 9.17) is 52.1 Å². The molecule has 0 aromatic heterocycles. The van der Waals surface area contributed by atoms with Crippen molar-refractivity contribution in [2.24, 2.45) is 0 Å². The van der Waals surface area contributed by atoms with E-state index in [1.807, 2.05) is 0 Å². The highest BCUT2D eigenvalue weighted by atomic mass is 16.8. The minimum Gasteiger partial charge on any atom is -0.379 e. The molecule has 0 saturated carbocycles.